The van der Waals surface area contributed by atoms with E-state index in [0.717, 1.165) is 17.2 Å². The van der Waals surface area contributed by atoms with Crippen molar-refractivity contribution in [2.45, 2.75) is 24.7 Å². The average Bonchev–Trinajstić information content (AvgIpc) is 2.75. The molecule has 0 aliphatic heterocycles. The quantitative estimate of drug-likeness (QED) is 0.566. The molecule has 3 aromatic rings. The molecule has 0 aromatic heterocycles. The predicted molar refractivity (Wildman–Crippen MR) is 116 cm³/mol. The van der Waals surface area contributed by atoms with Crippen LogP contribution in [0.5, 0.6) is 0 Å². The van der Waals surface area contributed by atoms with Gasteiger partial charge in [-0.15, -0.1) is 0 Å². The smallest absolute Gasteiger partial charge is 0.335 e. The van der Waals surface area contributed by atoms with Crippen LogP contribution in [0.4, 0.5) is 4.39 Å². The monoisotopic (exact) mass is 432 g/mol. The third-order valence-electron chi connectivity index (χ3n) is 6.35. The van der Waals surface area contributed by atoms with Gasteiger partial charge in [-0.05, 0) is 47.9 Å². The maximum Gasteiger partial charge on any atom is 0.335 e. The van der Waals surface area contributed by atoms with E-state index in [4.69, 9.17) is 0 Å². The predicted octanol–water partition coefficient (Wildman–Crippen LogP) is 5.09. The lowest BCUT2D eigenvalue weighted by Gasteiger charge is -2.52. The summed E-state index contributed by atoms with van der Waals surface area (Å²) in [5, 5.41) is 18.4. The van der Waals surface area contributed by atoms with Crippen LogP contribution in [-0.2, 0) is 4.79 Å². The summed E-state index contributed by atoms with van der Waals surface area (Å²) in [6, 6.07) is 19.5. The first kappa shape index (κ1) is 21.4. The molecule has 1 aliphatic carbocycles. The average molecular weight is 432 g/mol. The zero-order valence-corrected chi connectivity index (χ0v) is 17.2. The molecule has 0 saturated heterocycles. The number of Topliss-reactive ketones (excluding diaryl/α,β-unsaturated/α-hetero) is 1. The molecule has 0 spiro atoms. The molecule has 0 bridgehead atoms. The molecule has 1 saturated carbocycles. The van der Waals surface area contributed by atoms with Crippen molar-refractivity contribution >= 4 is 17.7 Å². The van der Waals surface area contributed by atoms with E-state index in [9.17, 15) is 24.6 Å². The summed E-state index contributed by atoms with van der Waals surface area (Å²) in [6.07, 6.45) is 0. The highest BCUT2D eigenvalue weighted by molar-refractivity contribution is 5.88. The molecular formula is C26H21FO5. The first-order chi connectivity index (χ1) is 15.3. The number of rotatable bonds is 6. The lowest BCUT2D eigenvalue weighted by atomic mass is 9.49. The number of carboxylic acid groups (broad SMARTS) is 2. The van der Waals surface area contributed by atoms with E-state index in [1.165, 1.54) is 31.2 Å². The number of aromatic carboxylic acids is 2. The van der Waals surface area contributed by atoms with Gasteiger partial charge >= 0.3 is 11.9 Å². The minimum atomic E-state index is -1.22. The van der Waals surface area contributed by atoms with Gasteiger partial charge in [-0.25, -0.2) is 14.0 Å². The maximum absolute atomic E-state index is 15.1. The van der Waals surface area contributed by atoms with Gasteiger partial charge in [0.25, 0.3) is 0 Å². The van der Waals surface area contributed by atoms with Crippen LogP contribution in [0.15, 0.2) is 72.8 Å². The summed E-state index contributed by atoms with van der Waals surface area (Å²) in [7, 11) is 0. The first-order valence-corrected chi connectivity index (χ1v) is 10.2. The number of hydrogen-bond acceptors (Lipinski definition) is 3. The molecule has 0 radical (unpaired) electrons. The highest BCUT2D eigenvalue weighted by atomic mass is 19.1. The number of hydrogen-bond donors (Lipinski definition) is 2. The largest absolute Gasteiger partial charge is 0.478 e. The summed E-state index contributed by atoms with van der Waals surface area (Å²) < 4.78 is 15.1. The zero-order valence-electron chi connectivity index (χ0n) is 17.2. The van der Waals surface area contributed by atoms with E-state index >= 15 is 4.39 Å². The Morgan fingerprint density at radius 2 is 1.25 bits per heavy atom. The van der Waals surface area contributed by atoms with Gasteiger partial charge < -0.3 is 10.2 Å². The Labute approximate surface area is 184 Å². The van der Waals surface area contributed by atoms with E-state index in [1.54, 1.807) is 12.1 Å². The van der Waals surface area contributed by atoms with Crippen LogP contribution in [0.1, 0.15) is 62.1 Å². The van der Waals surface area contributed by atoms with Gasteiger partial charge in [-0.1, -0.05) is 48.5 Å². The molecule has 0 amide bonds. The standard InChI is InChI=1S/C26H21FO5/c1-14(28)21-22(15-5-3-2-4-6-15)24(19-12-11-18(26(31)32)13-20(19)27)23(21)16-7-9-17(10-8-16)25(29)30/h2-13,21-24H,1H3,(H,29,30)(H,31,32)/t21?,22-,23-,24+/m0/s1. The summed E-state index contributed by atoms with van der Waals surface area (Å²) >= 11 is 0. The topological polar surface area (TPSA) is 91.7 Å². The van der Waals surface area contributed by atoms with Crippen molar-refractivity contribution in [3.05, 3.63) is 106 Å². The third-order valence-corrected chi connectivity index (χ3v) is 6.35. The third kappa shape index (κ3) is 3.68. The van der Waals surface area contributed by atoms with Crippen molar-refractivity contribution in [1.82, 2.24) is 0 Å². The number of halogens is 1. The fourth-order valence-electron chi connectivity index (χ4n) is 4.92. The van der Waals surface area contributed by atoms with Crippen LogP contribution < -0.4 is 0 Å². The van der Waals surface area contributed by atoms with Crippen molar-refractivity contribution in [3.63, 3.8) is 0 Å². The summed E-state index contributed by atoms with van der Waals surface area (Å²) in [5.41, 5.74) is 1.97. The van der Waals surface area contributed by atoms with Gasteiger partial charge in [0, 0.05) is 23.7 Å². The number of carbonyl (C=O) groups excluding carboxylic acids is 1. The van der Waals surface area contributed by atoms with E-state index in [2.05, 4.69) is 0 Å². The van der Waals surface area contributed by atoms with Gasteiger partial charge in [0.1, 0.15) is 11.6 Å². The Morgan fingerprint density at radius 3 is 1.75 bits per heavy atom. The van der Waals surface area contributed by atoms with Crippen LogP contribution in [0, 0.1) is 11.7 Å². The number of carbonyl (C=O) groups is 3. The van der Waals surface area contributed by atoms with Crippen molar-refractivity contribution in [2.75, 3.05) is 0 Å². The normalized spacial score (nSPS) is 22.1. The lowest BCUT2D eigenvalue weighted by Crippen LogP contribution is -2.45. The van der Waals surface area contributed by atoms with Crippen LogP contribution in [-0.4, -0.2) is 27.9 Å². The lowest BCUT2D eigenvalue weighted by molar-refractivity contribution is -0.126. The summed E-state index contributed by atoms with van der Waals surface area (Å²) in [6.45, 7) is 1.51. The second-order valence-electron chi connectivity index (χ2n) is 8.09. The van der Waals surface area contributed by atoms with Gasteiger partial charge in [0.15, 0.2) is 0 Å². The fraction of sp³-hybridized carbons (Fsp3) is 0.192. The summed E-state index contributed by atoms with van der Waals surface area (Å²) in [5.74, 6) is -4.43. The van der Waals surface area contributed by atoms with Crippen molar-refractivity contribution in [2.24, 2.45) is 5.92 Å². The molecule has 162 valence electrons. The zero-order chi connectivity index (χ0) is 23.0. The molecule has 4 rings (SSSR count). The molecular weight excluding hydrogens is 411 g/mol. The van der Waals surface area contributed by atoms with Gasteiger partial charge in [-0.3, -0.25) is 4.79 Å². The van der Waals surface area contributed by atoms with E-state index in [1.807, 2.05) is 30.3 Å². The minimum absolute atomic E-state index is 0.0371. The van der Waals surface area contributed by atoms with Gasteiger partial charge in [-0.2, -0.15) is 0 Å². The summed E-state index contributed by atoms with van der Waals surface area (Å²) in [4.78, 5) is 35.2. The number of ketones is 1. The van der Waals surface area contributed by atoms with Crippen LogP contribution in [0.3, 0.4) is 0 Å². The Bertz CT molecular complexity index is 1190. The fourth-order valence-corrected chi connectivity index (χ4v) is 4.92. The number of carboxylic acids is 2. The van der Waals surface area contributed by atoms with Crippen LogP contribution in [0.2, 0.25) is 0 Å². The second-order valence-corrected chi connectivity index (χ2v) is 8.09. The van der Waals surface area contributed by atoms with Crippen molar-refractivity contribution in [1.29, 1.82) is 0 Å². The van der Waals surface area contributed by atoms with E-state index in [-0.39, 0.29) is 28.7 Å². The van der Waals surface area contributed by atoms with Gasteiger partial charge in [0.2, 0.25) is 0 Å². The molecule has 1 aliphatic rings. The molecule has 3 aromatic carbocycles. The van der Waals surface area contributed by atoms with Gasteiger partial charge in [0.05, 0.1) is 11.1 Å². The molecule has 32 heavy (non-hydrogen) atoms. The molecule has 5 nitrogen and oxygen atoms in total. The Hall–Kier alpha value is -3.80. The van der Waals surface area contributed by atoms with Crippen molar-refractivity contribution < 1.29 is 29.0 Å². The SMILES string of the molecule is CC(=O)C1[C@H](c2ccccc2)[C@@H](c2ccc(C(=O)O)cc2F)[C@H]1c1ccc(C(=O)O)cc1. The molecule has 2 N–H and O–H groups in total. The second kappa shape index (κ2) is 8.38. The molecule has 0 heterocycles. The Morgan fingerprint density at radius 1 is 0.719 bits per heavy atom. The van der Waals surface area contributed by atoms with Crippen molar-refractivity contribution in [3.8, 4) is 0 Å². The first-order valence-electron chi connectivity index (χ1n) is 10.2. The Kier molecular flexibility index (Phi) is 5.61. The van der Waals surface area contributed by atoms with Crippen LogP contribution in [0.25, 0.3) is 0 Å². The van der Waals surface area contributed by atoms with Crippen LogP contribution >= 0.6 is 0 Å². The molecule has 1 unspecified atom stereocenters. The molecule has 6 heteroatoms. The highest BCUT2D eigenvalue weighted by Crippen LogP contribution is 2.62. The maximum atomic E-state index is 15.1. The molecule has 4 atom stereocenters. The molecule has 1 fully saturated rings. The van der Waals surface area contributed by atoms with E-state index < -0.39 is 29.6 Å². The minimum Gasteiger partial charge on any atom is -0.478 e. The van der Waals surface area contributed by atoms with E-state index in [0.29, 0.717) is 5.56 Å². The number of benzene rings is 3. The highest BCUT2D eigenvalue weighted by Gasteiger charge is 2.54. The Balaban J connectivity index is 1.85.